The second-order valence-electron chi connectivity index (χ2n) is 6.03. The molecule has 4 aromatic rings. The maximum absolute atomic E-state index is 13.9. The molecule has 0 saturated heterocycles. The zero-order valence-corrected chi connectivity index (χ0v) is 15.1. The second-order valence-corrected chi connectivity index (χ2v) is 6.03. The summed E-state index contributed by atoms with van der Waals surface area (Å²) in [4.78, 5) is 0. The van der Waals surface area contributed by atoms with Crippen molar-refractivity contribution < 1.29 is 18.3 Å². The molecule has 0 aliphatic carbocycles. The fourth-order valence-electron chi connectivity index (χ4n) is 2.74. The van der Waals surface area contributed by atoms with Gasteiger partial charge in [-0.05, 0) is 35.9 Å². The van der Waals surface area contributed by atoms with E-state index in [1.807, 2.05) is 30.3 Å². The average molecular weight is 376 g/mol. The number of hydrogen-bond acceptors (Lipinski definition) is 5. The van der Waals surface area contributed by atoms with Gasteiger partial charge in [0.05, 0.1) is 12.7 Å². The molecule has 0 bridgehead atoms. The number of benzene rings is 3. The summed E-state index contributed by atoms with van der Waals surface area (Å²) < 4.78 is 30.9. The molecule has 140 valence electrons. The van der Waals surface area contributed by atoms with Crippen LogP contribution in [0.2, 0.25) is 0 Å². The Kier molecular flexibility index (Phi) is 5.01. The lowest BCUT2D eigenvalue weighted by molar-refractivity contribution is 0.284. The first-order valence-corrected chi connectivity index (χ1v) is 8.68. The first kappa shape index (κ1) is 17.7. The third-order valence-electron chi connectivity index (χ3n) is 4.18. The first-order valence-electron chi connectivity index (χ1n) is 8.68. The molecular weight excluding hydrogens is 359 g/mol. The van der Waals surface area contributed by atoms with Gasteiger partial charge < -0.3 is 13.9 Å². The summed E-state index contributed by atoms with van der Waals surface area (Å²) in [6.07, 6.45) is 0. The number of ether oxygens (including phenoxy) is 2. The first-order chi connectivity index (χ1) is 13.7. The van der Waals surface area contributed by atoms with Gasteiger partial charge in [-0.15, -0.1) is 10.2 Å². The summed E-state index contributed by atoms with van der Waals surface area (Å²) in [5.41, 5.74) is 1.97. The van der Waals surface area contributed by atoms with E-state index in [0.717, 1.165) is 5.56 Å². The van der Waals surface area contributed by atoms with Gasteiger partial charge in [-0.1, -0.05) is 42.5 Å². The number of methoxy groups -OCH3 is 1. The molecule has 1 aromatic heterocycles. The lowest BCUT2D eigenvalue weighted by Crippen LogP contribution is -1.97. The highest BCUT2D eigenvalue weighted by Gasteiger charge is 2.15. The van der Waals surface area contributed by atoms with E-state index in [2.05, 4.69) is 10.2 Å². The molecule has 0 fully saturated rings. The molecule has 0 N–H and O–H groups in total. The van der Waals surface area contributed by atoms with Crippen molar-refractivity contribution >= 4 is 0 Å². The van der Waals surface area contributed by atoms with Crippen LogP contribution >= 0.6 is 0 Å². The molecular formula is C22H17FN2O3. The van der Waals surface area contributed by atoms with E-state index < -0.39 is 5.82 Å². The molecule has 0 aliphatic rings. The van der Waals surface area contributed by atoms with Crippen LogP contribution in [0.25, 0.3) is 22.9 Å². The van der Waals surface area contributed by atoms with Gasteiger partial charge in [-0.2, -0.15) is 0 Å². The maximum atomic E-state index is 13.9. The van der Waals surface area contributed by atoms with Crippen LogP contribution < -0.4 is 9.47 Å². The largest absolute Gasteiger partial charge is 0.493 e. The van der Waals surface area contributed by atoms with Crippen molar-refractivity contribution in [1.29, 1.82) is 0 Å². The van der Waals surface area contributed by atoms with E-state index in [1.165, 1.54) is 6.07 Å². The predicted octanol–water partition coefficient (Wildman–Crippen LogP) is 5.13. The molecule has 1 heterocycles. The van der Waals surface area contributed by atoms with E-state index in [4.69, 9.17) is 13.9 Å². The van der Waals surface area contributed by atoms with Crippen LogP contribution in [0.3, 0.4) is 0 Å². The number of aromatic nitrogens is 2. The van der Waals surface area contributed by atoms with Gasteiger partial charge in [-0.25, -0.2) is 4.39 Å². The van der Waals surface area contributed by atoms with E-state index in [1.54, 1.807) is 43.5 Å². The summed E-state index contributed by atoms with van der Waals surface area (Å²) >= 11 is 0. The van der Waals surface area contributed by atoms with Crippen molar-refractivity contribution in [3.05, 3.63) is 84.2 Å². The van der Waals surface area contributed by atoms with Crippen LogP contribution in [0.1, 0.15) is 5.56 Å². The molecule has 4 rings (SSSR count). The minimum Gasteiger partial charge on any atom is -0.493 e. The van der Waals surface area contributed by atoms with E-state index in [9.17, 15) is 4.39 Å². The van der Waals surface area contributed by atoms with Gasteiger partial charge in [0.2, 0.25) is 5.89 Å². The molecule has 0 atom stereocenters. The molecule has 0 radical (unpaired) electrons. The monoisotopic (exact) mass is 376 g/mol. The highest BCUT2D eigenvalue weighted by molar-refractivity contribution is 5.62. The zero-order valence-electron chi connectivity index (χ0n) is 15.1. The minimum atomic E-state index is -0.417. The van der Waals surface area contributed by atoms with Crippen molar-refractivity contribution in [2.75, 3.05) is 7.11 Å². The summed E-state index contributed by atoms with van der Waals surface area (Å²) in [6, 6.07) is 21.4. The Labute approximate surface area is 161 Å². The highest BCUT2D eigenvalue weighted by atomic mass is 19.1. The third-order valence-corrected chi connectivity index (χ3v) is 4.18. The molecule has 0 aliphatic heterocycles. The average Bonchev–Trinajstić information content (AvgIpc) is 3.23. The van der Waals surface area contributed by atoms with Crippen molar-refractivity contribution in [2.45, 2.75) is 6.61 Å². The van der Waals surface area contributed by atoms with Gasteiger partial charge >= 0.3 is 0 Å². The Balaban J connectivity index is 1.57. The molecule has 3 aromatic carbocycles. The number of rotatable bonds is 6. The van der Waals surface area contributed by atoms with Gasteiger partial charge in [0.1, 0.15) is 12.4 Å². The van der Waals surface area contributed by atoms with Crippen LogP contribution in [0.5, 0.6) is 11.5 Å². The molecule has 5 nitrogen and oxygen atoms in total. The highest BCUT2D eigenvalue weighted by Crippen LogP contribution is 2.33. The summed E-state index contributed by atoms with van der Waals surface area (Å²) in [6.45, 7) is 0.425. The van der Waals surface area contributed by atoms with E-state index in [-0.39, 0.29) is 17.3 Å². The molecule has 0 saturated carbocycles. The van der Waals surface area contributed by atoms with Gasteiger partial charge in [-0.3, -0.25) is 0 Å². The van der Waals surface area contributed by atoms with Crippen LogP contribution in [-0.4, -0.2) is 17.3 Å². The number of hydrogen-bond donors (Lipinski definition) is 0. The normalized spacial score (nSPS) is 10.6. The van der Waals surface area contributed by atoms with Crippen LogP contribution in [0, 0.1) is 5.82 Å². The summed E-state index contributed by atoms with van der Waals surface area (Å²) in [5.74, 6) is 1.12. The Morgan fingerprint density at radius 3 is 2.39 bits per heavy atom. The van der Waals surface area contributed by atoms with Crippen molar-refractivity contribution in [2.24, 2.45) is 0 Å². The molecule has 0 amide bonds. The van der Waals surface area contributed by atoms with Crippen LogP contribution in [-0.2, 0) is 6.61 Å². The quantitative estimate of drug-likeness (QED) is 0.467. The topological polar surface area (TPSA) is 57.4 Å². The number of halogens is 1. The molecule has 0 unspecified atom stereocenters. The molecule has 28 heavy (non-hydrogen) atoms. The minimum absolute atomic E-state index is 0.122. The second kappa shape index (κ2) is 7.92. The van der Waals surface area contributed by atoms with Crippen molar-refractivity contribution in [3.63, 3.8) is 0 Å². The van der Waals surface area contributed by atoms with E-state index in [0.29, 0.717) is 23.7 Å². The molecule has 0 spiro atoms. The Bertz CT molecular complexity index is 1080. The smallest absolute Gasteiger partial charge is 0.251 e. The number of nitrogens with zero attached hydrogens (tertiary/aromatic N) is 2. The Morgan fingerprint density at radius 2 is 1.61 bits per heavy atom. The summed E-state index contributed by atoms with van der Waals surface area (Å²) in [5, 5.41) is 7.97. The SMILES string of the molecule is COc1cc(-c2nnc(-c3ccccc3F)o2)ccc1OCc1ccccc1. The predicted molar refractivity (Wildman–Crippen MR) is 102 cm³/mol. The van der Waals surface area contributed by atoms with Gasteiger partial charge in [0, 0.05) is 5.56 Å². The van der Waals surface area contributed by atoms with Gasteiger partial charge in [0.15, 0.2) is 11.5 Å². The van der Waals surface area contributed by atoms with Crippen molar-refractivity contribution in [1.82, 2.24) is 10.2 Å². The van der Waals surface area contributed by atoms with E-state index >= 15 is 0 Å². The van der Waals surface area contributed by atoms with Crippen LogP contribution in [0.4, 0.5) is 4.39 Å². The molecule has 6 heteroatoms. The third kappa shape index (κ3) is 3.71. The fourth-order valence-corrected chi connectivity index (χ4v) is 2.74. The Hall–Kier alpha value is -3.67. The lowest BCUT2D eigenvalue weighted by Gasteiger charge is -2.11. The lowest BCUT2D eigenvalue weighted by atomic mass is 10.2. The summed E-state index contributed by atoms with van der Waals surface area (Å²) in [7, 11) is 1.56. The van der Waals surface area contributed by atoms with Gasteiger partial charge in [0.25, 0.3) is 5.89 Å². The standard InChI is InChI=1S/C22H17FN2O3/c1-26-20-13-16(11-12-19(20)27-14-15-7-3-2-4-8-15)21-24-25-22(28-21)17-9-5-6-10-18(17)23/h2-13H,14H2,1H3. The van der Waals surface area contributed by atoms with Crippen LogP contribution in [0.15, 0.2) is 77.2 Å². The fraction of sp³-hybridized carbons (Fsp3) is 0.0909. The Morgan fingerprint density at radius 1 is 0.857 bits per heavy atom. The zero-order chi connectivity index (χ0) is 19.3. The maximum Gasteiger partial charge on any atom is 0.251 e. The van der Waals surface area contributed by atoms with Crippen molar-refractivity contribution in [3.8, 4) is 34.4 Å².